The third-order valence-electron chi connectivity index (χ3n) is 4.94. The molecule has 0 spiro atoms. The maximum Gasteiger partial charge on any atom is 0.246 e. The van der Waals surface area contributed by atoms with E-state index in [0.717, 1.165) is 56.0 Å². The van der Waals surface area contributed by atoms with Crippen molar-refractivity contribution >= 4 is 5.91 Å². The third-order valence-corrected chi connectivity index (χ3v) is 4.94. The highest BCUT2D eigenvalue weighted by molar-refractivity contribution is 5.88. The number of carbonyl (C=O) groups excluding carboxylic acids is 1. The number of hydrogen-bond donors (Lipinski definition) is 0. The summed E-state index contributed by atoms with van der Waals surface area (Å²) in [6.45, 7) is 6.56. The first-order chi connectivity index (χ1) is 12.4. The van der Waals surface area contributed by atoms with Gasteiger partial charge < -0.3 is 19.3 Å². The van der Waals surface area contributed by atoms with Gasteiger partial charge in [-0.1, -0.05) is 11.6 Å². The maximum atomic E-state index is 12.3. The number of likely N-dealkylation sites (tertiary alicyclic amines) is 1. The van der Waals surface area contributed by atoms with Gasteiger partial charge in [0.2, 0.25) is 5.91 Å². The van der Waals surface area contributed by atoms with Crippen LogP contribution in [0.3, 0.4) is 0 Å². The fourth-order valence-corrected chi connectivity index (χ4v) is 3.38. The highest BCUT2D eigenvalue weighted by Crippen LogP contribution is 2.28. The molecule has 0 radical (unpaired) electrons. The predicted molar refractivity (Wildman–Crippen MR) is 105 cm³/mol. The molecule has 1 aliphatic heterocycles. The Labute approximate surface area is 157 Å². The van der Waals surface area contributed by atoms with Gasteiger partial charge in [-0.25, -0.2) is 0 Å². The number of ether oxygens (including phenoxy) is 2. The van der Waals surface area contributed by atoms with Crippen molar-refractivity contribution in [2.75, 3.05) is 40.9 Å². The van der Waals surface area contributed by atoms with Crippen molar-refractivity contribution in [1.29, 1.82) is 0 Å². The van der Waals surface area contributed by atoms with Crippen LogP contribution in [-0.2, 0) is 11.2 Å². The van der Waals surface area contributed by atoms with Crippen LogP contribution in [-0.4, -0.2) is 62.7 Å². The molecule has 1 aromatic rings. The Hall–Kier alpha value is -2.01. The Morgan fingerprint density at radius 1 is 1.27 bits per heavy atom. The Bertz CT molecular complexity index is 638. The molecule has 0 saturated carbocycles. The molecule has 0 bridgehead atoms. The normalized spacial score (nSPS) is 17.2. The second-order valence-corrected chi connectivity index (χ2v) is 7.22. The van der Waals surface area contributed by atoms with E-state index in [1.54, 1.807) is 20.3 Å². The Morgan fingerprint density at radius 2 is 2.00 bits per heavy atom. The minimum atomic E-state index is 0.142. The molecule has 2 rings (SSSR count). The fraction of sp³-hybridized carbons (Fsp3) is 0.571. The molecule has 1 aliphatic rings. The summed E-state index contributed by atoms with van der Waals surface area (Å²) in [7, 11) is 5.46. The number of methoxy groups -OCH3 is 2. The van der Waals surface area contributed by atoms with E-state index in [2.05, 4.69) is 18.0 Å². The summed E-state index contributed by atoms with van der Waals surface area (Å²) in [4.78, 5) is 16.6. The molecule has 0 N–H and O–H groups in total. The summed E-state index contributed by atoms with van der Waals surface area (Å²) in [5.74, 6) is 1.66. The molecule has 26 heavy (non-hydrogen) atoms. The average molecular weight is 360 g/mol. The zero-order valence-corrected chi connectivity index (χ0v) is 16.7. The van der Waals surface area contributed by atoms with E-state index in [9.17, 15) is 4.79 Å². The lowest BCUT2D eigenvalue weighted by Gasteiger charge is -2.37. The first kappa shape index (κ1) is 20.3. The summed E-state index contributed by atoms with van der Waals surface area (Å²) < 4.78 is 10.7. The summed E-state index contributed by atoms with van der Waals surface area (Å²) in [6, 6.07) is 6.49. The van der Waals surface area contributed by atoms with Crippen LogP contribution in [0.4, 0.5) is 0 Å². The van der Waals surface area contributed by atoms with Crippen molar-refractivity contribution in [3.63, 3.8) is 0 Å². The van der Waals surface area contributed by atoms with Gasteiger partial charge in [0.05, 0.1) is 14.2 Å². The van der Waals surface area contributed by atoms with Crippen LogP contribution in [0.25, 0.3) is 0 Å². The number of piperidine rings is 1. The van der Waals surface area contributed by atoms with Crippen LogP contribution in [0, 0.1) is 0 Å². The molecule has 1 fully saturated rings. The van der Waals surface area contributed by atoms with Crippen LogP contribution in [0.1, 0.15) is 32.3 Å². The van der Waals surface area contributed by atoms with Gasteiger partial charge in [-0.05, 0) is 57.9 Å². The lowest BCUT2D eigenvalue weighted by Crippen LogP contribution is -2.48. The van der Waals surface area contributed by atoms with Crippen molar-refractivity contribution in [2.24, 2.45) is 0 Å². The lowest BCUT2D eigenvalue weighted by molar-refractivity contribution is -0.128. The van der Waals surface area contributed by atoms with Crippen molar-refractivity contribution in [3.8, 4) is 11.5 Å². The van der Waals surface area contributed by atoms with Crippen molar-refractivity contribution in [1.82, 2.24) is 9.80 Å². The molecule has 1 atom stereocenters. The van der Waals surface area contributed by atoms with Crippen LogP contribution in [0.2, 0.25) is 0 Å². The number of amides is 1. The predicted octanol–water partition coefficient (Wildman–Crippen LogP) is 3.14. The number of carbonyl (C=O) groups is 1. The minimum Gasteiger partial charge on any atom is -0.493 e. The molecular weight excluding hydrogens is 328 g/mol. The first-order valence-corrected chi connectivity index (χ1v) is 9.29. The Balaban J connectivity index is 1.92. The molecule has 1 aromatic carbocycles. The molecule has 1 heterocycles. The third kappa shape index (κ3) is 5.49. The standard InChI is InChI=1S/C21H32N2O3/c1-16(2)13-21(24)23-11-6-7-18(15-23)22(3)12-10-17-8-9-19(25-4)20(14-17)26-5/h8-9,13-14,18H,6-7,10-12,15H2,1-5H3/t18-/m0/s1. The van der Waals surface area contributed by atoms with Gasteiger partial charge in [0.1, 0.15) is 0 Å². The number of benzene rings is 1. The van der Waals surface area contributed by atoms with E-state index in [-0.39, 0.29) is 5.91 Å². The molecule has 144 valence electrons. The van der Waals surface area contributed by atoms with Crippen LogP contribution in [0.15, 0.2) is 29.8 Å². The van der Waals surface area contributed by atoms with Crippen LogP contribution >= 0.6 is 0 Å². The Kier molecular flexibility index (Phi) is 7.51. The monoisotopic (exact) mass is 360 g/mol. The van der Waals surface area contributed by atoms with Gasteiger partial charge in [0, 0.05) is 31.8 Å². The first-order valence-electron chi connectivity index (χ1n) is 9.29. The molecule has 0 unspecified atom stereocenters. The number of allylic oxidation sites excluding steroid dienone is 1. The van der Waals surface area contributed by atoms with Gasteiger partial charge >= 0.3 is 0 Å². The van der Waals surface area contributed by atoms with Crippen molar-refractivity contribution in [2.45, 2.75) is 39.2 Å². The topological polar surface area (TPSA) is 42.0 Å². The van der Waals surface area contributed by atoms with E-state index in [0.29, 0.717) is 6.04 Å². The number of nitrogens with zero attached hydrogens (tertiary/aromatic N) is 2. The highest BCUT2D eigenvalue weighted by atomic mass is 16.5. The maximum absolute atomic E-state index is 12.3. The Morgan fingerprint density at radius 3 is 2.65 bits per heavy atom. The molecule has 0 aromatic heterocycles. The SMILES string of the molecule is COc1ccc(CCN(C)[C@H]2CCCN(C(=O)C=C(C)C)C2)cc1OC. The largest absolute Gasteiger partial charge is 0.493 e. The van der Waals surface area contributed by atoms with Crippen molar-refractivity contribution < 1.29 is 14.3 Å². The molecular formula is C21H32N2O3. The van der Waals surface area contributed by atoms with E-state index in [4.69, 9.17) is 9.47 Å². The average Bonchev–Trinajstić information content (AvgIpc) is 2.65. The second-order valence-electron chi connectivity index (χ2n) is 7.22. The van der Waals surface area contributed by atoms with E-state index in [1.807, 2.05) is 30.9 Å². The van der Waals surface area contributed by atoms with E-state index < -0.39 is 0 Å². The zero-order valence-electron chi connectivity index (χ0n) is 16.7. The zero-order chi connectivity index (χ0) is 19.1. The quantitative estimate of drug-likeness (QED) is 0.701. The molecule has 5 nitrogen and oxygen atoms in total. The van der Waals surface area contributed by atoms with Crippen LogP contribution < -0.4 is 9.47 Å². The van der Waals surface area contributed by atoms with Gasteiger partial charge in [-0.15, -0.1) is 0 Å². The number of rotatable bonds is 7. The molecule has 0 aliphatic carbocycles. The highest BCUT2D eigenvalue weighted by Gasteiger charge is 2.25. The molecule has 1 saturated heterocycles. The van der Waals surface area contributed by atoms with E-state index >= 15 is 0 Å². The summed E-state index contributed by atoms with van der Waals surface area (Å²) >= 11 is 0. The van der Waals surface area contributed by atoms with E-state index in [1.165, 1.54) is 5.56 Å². The smallest absolute Gasteiger partial charge is 0.246 e. The molecule has 1 amide bonds. The number of hydrogen-bond acceptors (Lipinski definition) is 4. The van der Waals surface area contributed by atoms with Gasteiger partial charge in [-0.2, -0.15) is 0 Å². The summed E-state index contributed by atoms with van der Waals surface area (Å²) in [5, 5.41) is 0. The molecule has 5 heteroatoms. The van der Waals surface area contributed by atoms with Crippen molar-refractivity contribution in [3.05, 3.63) is 35.4 Å². The minimum absolute atomic E-state index is 0.142. The fourth-order valence-electron chi connectivity index (χ4n) is 3.38. The van der Waals surface area contributed by atoms with Gasteiger partial charge in [-0.3, -0.25) is 4.79 Å². The lowest BCUT2D eigenvalue weighted by atomic mass is 10.0. The summed E-state index contributed by atoms with van der Waals surface area (Å²) in [5.41, 5.74) is 2.28. The second kappa shape index (κ2) is 9.62. The number of likely N-dealkylation sites (N-methyl/N-ethyl adjacent to an activating group) is 1. The van der Waals surface area contributed by atoms with Gasteiger partial charge in [0.25, 0.3) is 0 Å². The van der Waals surface area contributed by atoms with Crippen LogP contribution in [0.5, 0.6) is 11.5 Å². The van der Waals surface area contributed by atoms with Gasteiger partial charge in [0.15, 0.2) is 11.5 Å². The summed E-state index contributed by atoms with van der Waals surface area (Å²) in [6.07, 6.45) is 4.88.